The van der Waals surface area contributed by atoms with Gasteiger partial charge in [-0.15, -0.1) is 0 Å². The summed E-state index contributed by atoms with van der Waals surface area (Å²) in [6.07, 6.45) is 0. The highest BCUT2D eigenvalue weighted by Gasteiger charge is 2.13. The highest BCUT2D eigenvalue weighted by Crippen LogP contribution is 2.29. The van der Waals surface area contributed by atoms with Gasteiger partial charge in [-0.2, -0.15) is 0 Å². The fraction of sp³-hybridized carbons (Fsp3) is 0.0870. The lowest BCUT2D eigenvalue weighted by atomic mass is 10.1. The number of aromatic amines is 1. The summed E-state index contributed by atoms with van der Waals surface area (Å²) in [4.78, 5) is 39.3. The largest absolute Gasteiger partial charge is 0.455 e. The molecule has 0 aliphatic carbocycles. The second-order valence-corrected chi connectivity index (χ2v) is 6.60. The van der Waals surface area contributed by atoms with Gasteiger partial charge in [0.25, 0.3) is 5.91 Å². The van der Waals surface area contributed by atoms with E-state index in [0.29, 0.717) is 40.3 Å². The first-order valence-corrected chi connectivity index (χ1v) is 9.47. The molecule has 0 aliphatic rings. The molecule has 2 N–H and O–H groups in total. The molecule has 1 aromatic heterocycles. The number of carbonyl (C=O) groups is 1. The average molecular weight is 401 g/mol. The molecule has 4 aromatic rings. The van der Waals surface area contributed by atoms with E-state index in [4.69, 9.17) is 4.74 Å². The minimum absolute atomic E-state index is 0.342. The van der Waals surface area contributed by atoms with E-state index in [0.717, 1.165) is 0 Å². The molecule has 7 heteroatoms. The number of rotatable bonds is 5. The zero-order valence-corrected chi connectivity index (χ0v) is 16.2. The van der Waals surface area contributed by atoms with Crippen molar-refractivity contribution in [2.75, 3.05) is 5.32 Å². The number of nitrogens with zero attached hydrogens (tertiary/aromatic N) is 1. The van der Waals surface area contributed by atoms with Crippen LogP contribution in [-0.2, 0) is 6.54 Å². The van der Waals surface area contributed by atoms with Gasteiger partial charge in [0.1, 0.15) is 5.75 Å². The summed E-state index contributed by atoms with van der Waals surface area (Å²) in [6.45, 7) is 2.14. The van der Waals surface area contributed by atoms with Crippen molar-refractivity contribution in [1.82, 2.24) is 9.55 Å². The van der Waals surface area contributed by atoms with Crippen molar-refractivity contribution in [2.24, 2.45) is 0 Å². The molecule has 150 valence electrons. The Morgan fingerprint density at radius 1 is 1.00 bits per heavy atom. The number of benzene rings is 3. The lowest BCUT2D eigenvalue weighted by Gasteiger charge is -2.13. The average Bonchev–Trinajstić information content (AvgIpc) is 2.76. The van der Waals surface area contributed by atoms with E-state index in [2.05, 4.69) is 10.3 Å². The third kappa shape index (κ3) is 3.73. The number of H-pyrrole nitrogens is 1. The first-order valence-electron chi connectivity index (χ1n) is 9.47. The van der Waals surface area contributed by atoms with E-state index >= 15 is 0 Å². The minimum Gasteiger partial charge on any atom is -0.455 e. The number of para-hydroxylation sites is 3. The van der Waals surface area contributed by atoms with Crippen LogP contribution in [0, 0.1) is 0 Å². The predicted molar refractivity (Wildman–Crippen MR) is 115 cm³/mol. The van der Waals surface area contributed by atoms with Gasteiger partial charge in [0.2, 0.25) is 0 Å². The van der Waals surface area contributed by atoms with Crippen LogP contribution in [0.15, 0.2) is 82.4 Å². The fourth-order valence-corrected chi connectivity index (χ4v) is 3.20. The first kappa shape index (κ1) is 19.2. The normalized spacial score (nSPS) is 10.7. The summed E-state index contributed by atoms with van der Waals surface area (Å²) in [7, 11) is 0. The van der Waals surface area contributed by atoms with Crippen LogP contribution < -0.4 is 21.2 Å². The summed E-state index contributed by atoms with van der Waals surface area (Å²) in [6, 6.07) is 21.2. The molecule has 4 rings (SSSR count). The number of hydrogen-bond donors (Lipinski definition) is 2. The van der Waals surface area contributed by atoms with Crippen molar-refractivity contribution in [3.8, 4) is 11.5 Å². The SMILES string of the molecule is CCn1c(=O)c(=O)[nH]c2cc(C(=O)Nc3ccccc3Oc3ccccc3)ccc21. The van der Waals surface area contributed by atoms with E-state index in [1.54, 1.807) is 43.3 Å². The topological polar surface area (TPSA) is 93.2 Å². The molecule has 0 saturated heterocycles. The molecule has 0 radical (unpaired) electrons. The molecule has 1 heterocycles. The highest BCUT2D eigenvalue weighted by atomic mass is 16.5. The number of amides is 1. The second-order valence-electron chi connectivity index (χ2n) is 6.60. The van der Waals surface area contributed by atoms with Gasteiger partial charge >= 0.3 is 11.1 Å². The van der Waals surface area contributed by atoms with Crippen molar-refractivity contribution in [3.63, 3.8) is 0 Å². The van der Waals surface area contributed by atoms with Crippen molar-refractivity contribution in [3.05, 3.63) is 99.1 Å². The Morgan fingerprint density at radius 2 is 1.73 bits per heavy atom. The maximum Gasteiger partial charge on any atom is 0.316 e. The van der Waals surface area contributed by atoms with E-state index < -0.39 is 11.1 Å². The van der Waals surface area contributed by atoms with Crippen LogP contribution in [0.1, 0.15) is 17.3 Å². The third-order valence-corrected chi connectivity index (χ3v) is 4.66. The Bertz CT molecular complexity index is 1340. The lowest BCUT2D eigenvalue weighted by molar-refractivity contribution is 0.102. The van der Waals surface area contributed by atoms with Crippen molar-refractivity contribution < 1.29 is 9.53 Å². The van der Waals surface area contributed by atoms with Crippen LogP contribution in [0.3, 0.4) is 0 Å². The van der Waals surface area contributed by atoms with Gasteiger partial charge < -0.3 is 19.6 Å². The lowest BCUT2D eigenvalue weighted by Crippen LogP contribution is -2.36. The van der Waals surface area contributed by atoms with Crippen molar-refractivity contribution in [1.29, 1.82) is 0 Å². The van der Waals surface area contributed by atoms with Crippen LogP contribution in [0.2, 0.25) is 0 Å². The number of fused-ring (bicyclic) bond motifs is 1. The van der Waals surface area contributed by atoms with Gasteiger partial charge in [-0.05, 0) is 49.4 Å². The molecule has 7 nitrogen and oxygen atoms in total. The quantitative estimate of drug-likeness (QED) is 0.498. The number of aromatic nitrogens is 2. The van der Waals surface area contributed by atoms with Crippen molar-refractivity contribution >= 4 is 22.6 Å². The second kappa shape index (κ2) is 8.08. The molecule has 0 bridgehead atoms. The maximum atomic E-state index is 12.8. The summed E-state index contributed by atoms with van der Waals surface area (Å²) in [5.74, 6) is 0.794. The van der Waals surface area contributed by atoms with Crippen LogP contribution >= 0.6 is 0 Å². The summed E-state index contributed by atoms with van der Waals surface area (Å²) < 4.78 is 7.25. The number of hydrogen-bond acceptors (Lipinski definition) is 4. The predicted octanol–water partition coefficient (Wildman–Crippen LogP) is 3.75. The Kier molecular flexibility index (Phi) is 5.17. The molecule has 1 amide bonds. The Hall–Kier alpha value is -4.13. The van der Waals surface area contributed by atoms with E-state index in [1.165, 1.54) is 4.57 Å². The van der Waals surface area contributed by atoms with Crippen LogP contribution in [-0.4, -0.2) is 15.5 Å². The molecule has 0 unspecified atom stereocenters. The molecule has 0 aliphatic heterocycles. The zero-order valence-electron chi connectivity index (χ0n) is 16.2. The number of aryl methyl sites for hydroxylation is 1. The molecule has 0 spiro atoms. The van der Waals surface area contributed by atoms with Crippen molar-refractivity contribution in [2.45, 2.75) is 13.5 Å². The molecular formula is C23H19N3O4. The number of anilines is 1. The molecule has 3 aromatic carbocycles. The van der Waals surface area contributed by atoms with Gasteiger partial charge in [-0.25, -0.2) is 0 Å². The molecule has 0 saturated carbocycles. The molecule has 30 heavy (non-hydrogen) atoms. The standard InChI is InChI=1S/C23H19N3O4/c1-2-26-19-13-12-15(14-18(19)25-22(28)23(26)29)21(27)24-17-10-6-7-11-20(17)30-16-8-4-3-5-9-16/h3-14H,2H2,1H3,(H,24,27)(H,25,28). The van der Waals surface area contributed by atoms with E-state index in [1.807, 2.05) is 36.4 Å². The van der Waals surface area contributed by atoms with Crippen LogP contribution in [0.4, 0.5) is 5.69 Å². The summed E-state index contributed by atoms with van der Waals surface area (Å²) in [5, 5.41) is 2.84. The Labute approximate surface area is 171 Å². The maximum absolute atomic E-state index is 12.8. The zero-order chi connectivity index (χ0) is 21.1. The number of nitrogens with one attached hydrogen (secondary N) is 2. The van der Waals surface area contributed by atoms with Gasteiger partial charge in [-0.3, -0.25) is 14.4 Å². The monoisotopic (exact) mass is 401 g/mol. The molecule has 0 fully saturated rings. The van der Waals surface area contributed by atoms with Crippen LogP contribution in [0.25, 0.3) is 11.0 Å². The Balaban J connectivity index is 1.65. The molecule has 0 atom stereocenters. The van der Waals surface area contributed by atoms with Crippen LogP contribution in [0.5, 0.6) is 11.5 Å². The number of carbonyl (C=O) groups excluding carboxylic acids is 1. The minimum atomic E-state index is -0.719. The van der Waals surface area contributed by atoms with E-state index in [-0.39, 0.29) is 5.91 Å². The first-order chi connectivity index (χ1) is 14.6. The summed E-state index contributed by atoms with van der Waals surface area (Å²) in [5.41, 5.74) is 0.500. The molecular weight excluding hydrogens is 382 g/mol. The highest BCUT2D eigenvalue weighted by molar-refractivity contribution is 6.06. The summed E-state index contributed by atoms with van der Waals surface area (Å²) >= 11 is 0. The smallest absolute Gasteiger partial charge is 0.316 e. The van der Waals surface area contributed by atoms with Gasteiger partial charge in [0.15, 0.2) is 5.75 Å². The van der Waals surface area contributed by atoms with Gasteiger partial charge in [-0.1, -0.05) is 30.3 Å². The fourth-order valence-electron chi connectivity index (χ4n) is 3.20. The van der Waals surface area contributed by atoms with Gasteiger partial charge in [0, 0.05) is 12.1 Å². The van der Waals surface area contributed by atoms with E-state index in [9.17, 15) is 14.4 Å². The number of ether oxygens (including phenoxy) is 1. The third-order valence-electron chi connectivity index (χ3n) is 4.66. The van der Waals surface area contributed by atoms with Gasteiger partial charge in [0.05, 0.1) is 16.7 Å². The Morgan fingerprint density at radius 3 is 2.50 bits per heavy atom.